The van der Waals surface area contributed by atoms with Crippen molar-refractivity contribution in [3.05, 3.63) is 12.5 Å². The van der Waals surface area contributed by atoms with Crippen molar-refractivity contribution in [1.29, 1.82) is 0 Å². The van der Waals surface area contributed by atoms with E-state index in [1.54, 1.807) is 12.5 Å². The molecular weight excluding hydrogens is 218 g/mol. The third-order valence-electron chi connectivity index (χ3n) is 3.06. The number of hydrogen-bond donors (Lipinski definition) is 2. The van der Waals surface area contributed by atoms with Crippen LogP contribution < -0.4 is 5.32 Å². The van der Waals surface area contributed by atoms with Crippen LogP contribution in [0.3, 0.4) is 0 Å². The number of ether oxygens (including phenoxy) is 1. The Morgan fingerprint density at radius 1 is 1.47 bits per heavy atom. The van der Waals surface area contributed by atoms with Crippen LogP contribution in [0, 0.1) is 5.92 Å². The van der Waals surface area contributed by atoms with Gasteiger partial charge in [-0.3, -0.25) is 5.10 Å². The summed E-state index contributed by atoms with van der Waals surface area (Å²) in [6.45, 7) is 2.62. The topological polar surface area (TPSA) is 75.7 Å². The van der Waals surface area contributed by atoms with E-state index in [2.05, 4.69) is 25.5 Å². The van der Waals surface area contributed by atoms with Gasteiger partial charge in [-0.2, -0.15) is 5.10 Å². The monoisotopic (exact) mass is 233 g/mol. The summed E-state index contributed by atoms with van der Waals surface area (Å²) in [6.07, 6.45) is 5.65. The fraction of sp³-hybridized carbons (Fsp3) is 0.545. The molecule has 1 fully saturated rings. The Morgan fingerprint density at radius 3 is 3.35 bits per heavy atom. The lowest BCUT2D eigenvalue weighted by Gasteiger charge is -2.22. The van der Waals surface area contributed by atoms with Gasteiger partial charge in [-0.15, -0.1) is 0 Å². The van der Waals surface area contributed by atoms with Crippen LogP contribution in [0.4, 0.5) is 5.82 Å². The van der Waals surface area contributed by atoms with Gasteiger partial charge in [-0.05, 0) is 18.8 Å². The van der Waals surface area contributed by atoms with Crippen molar-refractivity contribution in [3.8, 4) is 0 Å². The summed E-state index contributed by atoms with van der Waals surface area (Å²) < 4.78 is 5.45. The first-order valence-corrected chi connectivity index (χ1v) is 5.89. The highest BCUT2D eigenvalue weighted by atomic mass is 16.5. The zero-order chi connectivity index (χ0) is 11.5. The van der Waals surface area contributed by atoms with Crippen molar-refractivity contribution < 1.29 is 4.74 Å². The van der Waals surface area contributed by atoms with Gasteiger partial charge in [0.15, 0.2) is 5.65 Å². The molecule has 2 N–H and O–H groups in total. The molecule has 1 atom stereocenters. The van der Waals surface area contributed by atoms with Gasteiger partial charge in [0.2, 0.25) is 0 Å². The van der Waals surface area contributed by atoms with Crippen molar-refractivity contribution in [2.45, 2.75) is 12.8 Å². The number of rotatable bonds is 3. The highest BCUT2D eigenvalue weighted by molar-refractivity contribution is 5.85. The second kappa shape index (κ2) is 4.67. The van der Waals surface area contributed by atoms with Crippen molar-refractivity contribution >= 4 is 16.9 Å². The smallest absolute Gasteiger partial charge is 0.160 e. The first-order chi connectivity index (χ1) is 8.43. The maximum Gasteiger partial charge on any atom is 0.160 e. The summed E-state index contributed by atoms with van der Waals surface area (Å²) >= 11 is 0. The lowest BCUT2D eigenvalue weighted by molar-refractivity contribution is 0.0595. The van der Waals surface area contributed by atoms with Gasteiger partial charge >= 0.3 is 0 Å². The van der Waals surface area contributed by atoms with E-state index in [4.69, 9.17) is 4.74 Å². The first kappa shape index (κ1) is 10.5. The Balaban J connectivity index is 1.69. The molecule has 17 heavy (non-hydrogen) atoms. The largest absolute Gasteiger partial charge is 0.381 e. The number of nitrogens with one attached hydrogen (secondary N) is 2. The van der Waals surface area contributed by atoms with Crippen LogP contribution in [0.25, 0.3) is 11.0 Å². The molecule has 3 heterocycles. The fourth-order valence-corrected chi connectivity index (χ4v) is 2.12. The van der Waals surface area contributed by atoms with Gasteiger partial charge in [-0.1, -0.05) is 0 Å². The van der Waals surface area contributed by atoms with E-state index < -0.39 is 0 Å². The third kappa shape index (κ3) is 2.21. The van der Waals surface area contributed by atoms with E-state index in [1.165, 1.54) is 6.42 Å². The molecule has 6 heteroatoms. The maximum atomic E-state index is 5.45. The van der Waals surface area contributed by atoms with Crippen molar-refractivity contribution in [1.82, 2.24) is 20.2 Å². The molecule has 1 saturated heterocycles. The highest BCUT2D eigenvalue weighted by Crippen LogP contribution is 2.18. The molecular formula is C11H15N5O. The van der Waals surface area contributed by atoms with Crippen LogP contribution >= 0.6 is 0 Å². The lowest BCUT2D eigenvalue weighted by Crippen LogP contribution is -2.24. The van der Waals surface area contributed by atoms with E-state index in [-0.39, 0.29) is 0 Å². The number of anilines is 1. The van der Waals surface area contributed by atoms with E-state index in [9.17, 15) is 0 Å². The van der Waals surface area contributed by atoms with E-state index in [0.29, 0.717) is 5.92 Å². The molecule has 90 valence electrons. The van der Waals surface area contributed by atoms with Gasteiger partial charge in [-0.25, -0.2) is 9.97 Å². The SMILES string of the molecule is c1nc(NC[C@@H]2CCCOC2)c2cn[nH]c2n1. The lowest BCUT2D eigenvalue weighted by atomic mass is 10.0. The minimum Gasteiger partial charge on any atom is -0.381 e. The predicted molar refractivity (Wildman–Crippen MR) is 63.7 cm³/mol. The predicted octanol–water partition coefficient (Wildman–Crippen LogP) is 1.19. The second-order valence-electron chi connectivity index (χ2n) is 4.32. The average Bonchev–Trinajstić information content (AvgIpc) is 2.86. The van der Waals surface area contributed by atoms with Crippen LogP contribution in [0.15, 0.2) is 12.5 Å². The standard InChI is InChI=1S/C11H15N5O/c1-2-8(6-17-3-1)4-12-10-9-5-15-16-11(9)14-7-13-10/h5,7-8H,1-4,6H2,(H2,12,13,14,15,16)/t8-/m0/s1. The molecule has 0 unspecified atom stereocenters. The Kier molecular flexibility index (Phi) is 2.87. The number of aromatic amines is 1. The summed E-state index contributed by atoms with van der Waals surface area (Å²) in [5, 5.41) is 11.1. The molecule has 0 radical (unpaired) electrons. The molecule has 0 bridgehead atoms. The van der Waals surface area contributed by atoms with Gasteiger partial charge < -0.3 is 10.1 Å². The van der Waals surface area contributed by atoms with Crippen LogP contribution in [-0.2, 0) is 4.74 Å². The van der Waals surface area contributed by atoms with Crippen LogP contribution in [-0.4, -0.2) is 39.9 Å². The van der Waals surface area contributed by atoms with Gasteiger partial charge in [0.25, 0.3) is 0 Å². The highest BCUT2D eigenvalue weighted by Gasteiger charge is 2.14. The fourth-order valence-electron chi connectivity index (χ4n) is 2.12. The summed E-state index contributed by atoms with van der Waals surface area (Å²) in [5.41, 5.74) is 0.766. The second-order valence-corrected chi connectivity index (χ2v) is 4.32. The normalized spacial score (nSPS) is 20.6. The summed E-state index contributed by atoms with van der Waals surface area (Å²) in [6, 6.07) is 0. The molecule has 2 aromatic heterocycles. The van der Waals surface area contributed by atoms with E-state index in [1.807, 2.05) is 0 Å². The molecule has 0 saturated carbocycles. The van der Waals surface area contributed by atoms with Gasteiger partial charge in [0, 0.05) is 13.2 Å². The van der Waals surface area contributed by atoms with E-state index >= 15 is 0 Å². The molecule has 0 aromatic carbocycles. The minimum atomic E-state index is 0.570. The van der Waals surface area contributed by atoms with Crippen LogP contribution in [0.5, 0.6) is 0 Å². The average molecular weight is 233 g/mol. The zero-order valence-corrected chi connectivity index (χ0v) is 9.52. The van der Waals surface area contributed by atoms with Crippen LogP contribution in [0.2, 0.25) is 0 Å². The Hall–Kier alpha value is -1.69. The van der Waals surface area contributed by atoms with E-state index in [0.717, 1.165) is 43.0 Å². The number of nitrogens with zero attached hydrogens (tertiary/aromatic N) is 3. The number of fused-ring (bicyclic) bond motifs is 1. The molecule has 3 rings (SSSR count). The van der Waals surface area contributed by atoms with Gasteiger partial charge in [0.1, 0.15) is 12.1 Å². The molecule has 1 aliphatic heterocycles. The number of aromatic nitrogens is 4. The minimum absolute atomic E-state index is 0.570. The summed E-state index contributed by atoms with van der Waals surface area (Å²) in [7, 11) is 0. The van der Waals surface area contributed by atoms with Crippen molar-refractivity contribution in [2.75, 3.05) is 25.1 Å². The number of H-pyrrole nitrogens is 1. The third-order valence-corrected chi connectivity index (χ3v) is 3.06. The molecule has 2 aromatic rings. The maximum absolute atomic E-state index is 5.45. The molecule has 0 spiro atoms. The molecule has 6 nitrogen and oxygen atoms in total. The summed E-state index contributed by atoms with van der Waals surface area (Å²) in [5.74, 6) is 1.41. The Morgan fingerprint density at radius 2 is 2.47 bits per heavy atom. The summed E-state index contributed by atoms with van der Waals surface area (Å²) in [4.78, 5) is 8.34. The Labute approximate surface area is 98.8 Å². The van der Waals surface area contributed by atoms with Crippen LogP contribution in [0.1, 0.15) is 12.8 Å². The Bertz CT molecular complexity index is 491. The van der Waals surface area contributed by atoms with Gasteiger partial charge in [0.05, 0.1) is 18.2 Å². The molecule has 0 amide bonds. The first-order valence-electron chi connectivity index (χ1n) is 5.89. The van der Waals surface area contributed by atoms with Crippen molar-refractivity contribution in [2.24, 2.45) is 5.92 Å². The zero-order valence-electron chi connectivity index (χ0n) is 9.52. The van der Waals surface area contributed by atoms with Crippen molar-refractivity contribution in [3.63, 3.8) is 0 Å². The number of hydrogen-bond acceptors (Lipinski definition) is 5. The molecule has 0 aliphatic carbocycles. The molecule has 1 aliphatic rings. The quantitative estimate of drug-likeness (QED) is 0.832.